The zero-order valence-corrected chi connectivity index (χ0v) is 18.3. The van der Waals surface area contributed by atoms with Gasteiger partial charge in [0.15, 0.2) is 5.78 Å². The van der Waals surface area contributed by atoms with E-state index in [2.05, 4.69) is 26.3 Å². The number of anilines is 1. The number of benzene rings is 2. The van der Waals surface area contributed by atoms with Gasteiger partial charge in [0.25, 0.3) is 0 Å². The van der Waals surface area contributed by atoms with Crippen LogP contribution in [0.5, 0.6) is 0 Å². The van der Waals surface area contributed by atoms with Gasteiger partial charge in [-0.25, -0.2) is 9.40 Å². The lowest BCUT2D eigenvalue weighted by Crippen LogP contribution is -2.25. The summed E-state index contributed by atoms with van der Waals surface area (Å²) in [6.07, 6.45) is 1.20. The molecule has 0 aromatic heterocycles. The van der Waals surface area contributed by atoms with Crippen LogP contribution in [0.3, 0.4) is 0 Å². The molecule has 0 saturated heterocycles. The van der Waals surface area contributed by atoms with E-state index in [1.807, 2.05) is 26.0 Å². The molecule has 0 aliphatic heterocycles. The summed E-state index contributed by atoms with van der Waals surface area (Å²) in [7, 11) is 0. The normalized spacial score (nSPS) is 11.3. The molecule has 2 aromatic rings. The first kappa shape index (κ1) is 22.7. The summed E-state index contributed by atoms with van der Waals surface area (Å²) in [5.74, 6) is -0.323. The Balaban J connectivity index is 2.18. The lowest BCUT2D eigenvalue weighted by molar-refractivity contribution is -0.117. The molecule has 0 heterocycles. The number of hydrogen-bond acceptors (Lipinski definition) is 5. The maximum absolute atomic E-state index is 13.4. The summed E-state index contributed by atoms with van der Waals surface area (Å²) in [4.78, 5) is 17.6. The molecule has 0 spiro atoms. The first-order valence-corrected chi connectivity index (χ1v) is 10.0. The van der Waals surface area contributed by atoms with E-state index in [0.29, 0.717) is 22.3 Å². The quantitative estimate of drug-likeness (QED) is 0.268. The fourth-order valence-corrected chi connectivity index (χ4v) is 3.16. The Hall–Kier alpha value is -2.61. The molecule has 0 aliphatic carbocycles. The Bertz CT molecular complexity index is 918. The second-order valence-electron chi connectivity index (χ2n) is 6.60. The summed E-state index contributed by atoms with van der Waals surface area (Å²) in [6.45, 7) is 5.82. The van der Waals surface area contributed by atoms with Gasteiger partial charge >= 0.3 is 0 Å². The molecule has 0 aliphatic rings. The topological polar surface area (TPSA) is 78.1 Å². The van der Waals surface area contributed by atoms with E-state index in [1.165, 1.54) is 11.1 Å². The van der Waals surface area contributed by atoms with E-state index in [-0.39, 0.29) is 24.8 Å². The number of ketones is 1. The number of aryl methyl sites for hydroxylation is 1. The molecule has 2 aromatic carbocycles. The van der Waals surface area contributed by atoms with Gasteiger partial charge < -0.3 is 4.84 Å². The largest absolute Gasteiger partial charge is 0.391 e. The molecule has 0 atom stereocenters. The van der Waals surface area contributed by atoms with E-state index in [1.54, 1.807) is 25.1 Å². The fraction of sp³-hybridized carbons (Fsp3) is 0.333. The van der Waals surface area contributed by atoms with Crippen LogP contribution in [0, 0.1) is 18.3 Å². The van der Waals surface area contributed by atoms with Gasteiger partial charge in [0.2, 0.25) is 0 Å². The molecule has 0 radical (unpaired) electrons. The second kappa shape index (κ2) is 10.8. The van der Waals surface area contributed by atoms with Crippen molar-refractivity contribution >= 4 is 33.1 Å². The van der Waals surface area contributed by atoms with E-state index < -0.39 is 0 Å². The lowest BCUT2D eigenvalue weighted by Gasteiger charge is -2.20. The molecular formula is C21H24BrFN4O2. The summed E-state index contributed by atoms with van der Waals surface area (Å²) in [5, 5.41) is 9.02. The maximum atomic E-state index is 13.4. The molecule has 0 amide bonds. The Kier molecular flexibility index (Phi) is 8.45. The van der Waals surface area contributed by atoms with Gasteiger partial charge in [-0.1, -0.05) is 35.5 Å². The van der Waals surface area contributed by atoms with Crippen molar-refractivity contribution in [2.45, 2.75) is 40.2 Å². The third-order valence-electron chi connectivity index (χ3n) is 4.39. The van der Waals surface area contributed by atoms with Gasteiger partial charge in [0.05, 0.1) is 15.9 Å². The first-order chi connectivity index (χ1) is 13.9. The van der Waals surface area contributed by atoms with E-state index in [4.69, 9.17) is 10.4 Å². The molecule has 0 fully saturated rings. The molecule has 0 saturated carbocycles. The third-order valence-corrected chi connectivity index (χ3v) is 4.99. The number of carbonyl (C=O) groups excluding carboxylic acids is 1. The SMILES string of the molecule is CCCC(=O)CN(N=N)c1cccc(C)c1CON=C(C)c1ccc(F)c(Br)c1. The molecule has 29 heavy (non-hydrogen) atoms. The third kappa shape index (κ3) is 6.19. The zero-order chi connectivity index (χ0) is 21.4. The fourth-order valence-electron chi connectivity index (χ4n) is 2.78. The second-order valence-corrected chi connectivity index (χ2v) is 7.45. The van der Waals surface area contributed by atoms with Crippen molar-refractivity contribution in [1.29, 1.82) is 5.53 Å². The Labute approximate surface area is 178 Å². The van der Waals surface area contributed by atoms with Gasteiger partial charge in [-0.15, -0.1) is 0 Å². The molecule has 1 N–H and O–H groups in total. The van der Waals surface area contributed by atoms with Crippen molar-refractivity contribution in [3.63, 3.8) is 0 Å². The predicted molar refractivity (Wildman–Crippen MR) is 115 cm³/mol. The van der Waals surface area contributed by atoms with Crippen LogP contribution in [-0.4, -0.2) is 18.0 Å². The standard InChI is InChI=1S/C21H24BrFN4O2/c1-4-6-17(28)12-27(26-24)21-8-5-7-14(2)18(21)13-29-25-15(3)16-9-10-20(23)19(22)11-16/h5,7-11,24H,4,6,12-13H2,1-3H3. The predicted octanol–water partition coefficient (Wildman–Crippen LogP) is 5.96. The van der Waals surface area contributed by atoms with Gasteiger partial charge in [0, 0.05) is 17.5 Å². The lowest BCUT2D eigenvalue weighted by atomic mass is 10.1. The van der Waals surface area contributed by atoms with Crippen LogP contribution in [0.25, 0.3) is 0 Å². The van der Waals surface area contributed by atoms with E-state index in [0.717, 1.165) is 23.1 Å². The van der Waals surface area contributed by atoms with Crippen LogP contribution in [0.15, 0.2) is 51.2 Å². The minimum atomic E-state index is -0.344. The molecule has 0 unspecified atom stereocenters. The van der Waals surface area contributed by atoms with Crippen LogP contribution < -0.4 is 5.01 Å². The van der Waals surface area contributed by atoms with Crippen LogP contribution in [-0.2, 0) is 16.2 Å². The number of oxime groups is 1. The summed E-state index contributed by atoms with van der Waals surface area (Å²) < 4.78 is 13.8. The van der Waals surface area contributed by atoms with Crippen LogP contribution in [0.1, 0.15) is 43.4 Å². The number of halogens is 2. The first-order valence-electron chi connectivity index (χ1n) is 9.24. The average Bonchev–Trinajstić information content (AvgIpc) is 2.69. The minimum Gasteiger partial charge on any atom is -0.391 e. The van der Waals surface area contributed by atoms with Crippen molar-refractivity contribution in [2.75, 3.05) is 11.6 Å². The van der Waals surface area contributed by atoms with Crippen molar-refractivity contribution < 1.29 is 14.0 Å². The Morgan fingerprint density at radius 3 is 2.72 bits per heavy atom. The highest BCUT2D eigenvalue weighted by molar-refractivity contribution is 9.10. The number of nitrogens with one attached hydrogen (secondary N) is 1. The van der Waals surface area contributed by atoms with Crippen molar-refractivity contribution in [1.82, 2.24) is 0 Å². The molecule has 2 rings (SSSR count). The molecule has 8 heteroatoms. The van der Waals surface area contributed by atoms with Crippen molar-refractivity contribution in [2.24, 2.45) is 10.4 Å². The Morgan fingerprint density at radius 1 is 1.31 bits per heavy atom. The highest BCUT2D eigenvalue weighted by atomic mass is 79.9. The van der Waals surface area contributed by atoms with Crippen molar-refractivity contribution in [3.8, 4) is 0 Å². The van der Waals surface area contributed by atoms with Crippen LogP contribution in [0.4, 0.5) is 10.1 Å². The number of nitrogens with zero attached hydrogens (tertiary/aromatic N) is 3. The van der Waals surface area contributed by atoms with Crippen LogP contribution in [0.2, 0.25) is 0 Å². The Morgan fingerprint density at radius 2 is 2.07 bits per heavy atom. The van der Waals surface area contributed by atoms with Crippen LogP contribution >= 0.6 is 15.9 Å². The summed E-state index contributed by atoms with van der Waals surface area (Å²) >= 11 is 3.16. The van der Waals surface area contributed by atoms with Crippen molar-refractivity contribution in [3.05, 3.63) is 63.4 Å². The van der Waals surface area contributed by atoms with Gasteiger partial charge in [-0.2, -0.15) is 5.53 Å². The van der Waals surface area contributed by atoms with Gasteiger partial charge in [-0.05, 0) is 60.0 Å². The zero-order valence-electron chi connectivity index (χ0n) is 16.7. The molecule has 0 bridgehead atoms. The number of carbonyl (C=O) groups is 1. The molecule has 154 valence electrons. The highest BCUT2D eigenvalue weighted by Crippen LogP contribution is 2.25. The number of Topliss-reactive ketones (excluding diaryl/α,β-unsaturated/α-hetero) is 1. The summed E-state index contributed by atoms with van der Waals surface area (Å²) in [5.41, 5.74) is 11.2. The number of hydrogen-bond donors (Lipinski definition) is 1. The average molecular weight is 463 g/mol. The maximum Gasteiger partial charge on any atom is 0.154 e. The highest BCUT2D eigenvalue weighted by Gasteiger charge is 2.16. The minimum absolute atomic E-state index is 0.0210. The molecule has 6 nitrogen and oxygen atoms in total. The smallest absolute Gasteiger partial charge is 0.154 e. The monoisotopic (exact) mass is 462 g/mol. The van der Waals surface area contributed by atoms with E-state index in [9.17, 15) is 9.18 Å². The molecular weight excluding hydrogens is 439 g/mol. The van der Waals surface area contributed by atoms with E-state index >= 15 is 0 Å². The summed E-state index contributed by atoms with van der Waals surface area (Å²) in [6, 6.07) is 10.2. The number of rotatable bonds is 10. The van der Waals surface area contributed by atoms with Gasteiger partial charge in [0.1, 0.15) is 19.0 Å². The van der Waals surface area contributed by atoms with Gasteiger partial charge in [-0.3, -0.25) is 4.79 Å².